The number of aryl methyl sites for hydroxylation is 1. The van der Waals surface area contributed by atoms with Crippen LogP contribution in [0, 0.1) is 6.92 Å². The fraction of sp³-hybridized carbons (Fsp3) is 0.588. The number of hydrogen-bond donors (Lipinski definition) is 1. The van der Waals surface area contributed by atoms with Gasteiger partial charge in [-0.3, -0.25) is 4.79 Å². The van der Waals surface area contributed by atoms with Crippen LogP contribution in [0.4, 0.5) is 0 Å². The van der Waals surface area contributed by atoms with Crippen molar-refractivity contribution in [3.05, 3.63) is 35.4 Å². The van der Waals surface area contributed by atoms with E-state index < -0.39 is 15.4 Å². The van der Waals surface area contributed by atoms with Gasteiger partial charge in [-0.05, 0) is 45.2 Å². The smallest absolute Gasteiger partial charge is 0.230 e. The molecular weight excluding hydrogens is 312 g/mol. The molecule has 0 radical (unpaired) electrons. The van der Waals surface area contributed by atoms with E-state index in [9.17, 15) is 13.2 Å². The maximum absolute atomic E-state index is 12.5. The number of carbonyl (C=O) groups excluding carboxylic acids is 1. The van der Waals surface area contributed by atoms with E-state index in [1.165, 1.54) is 4.31 Å². The molecule has 1 amide bonds. The van der Waals surface area contributed by atoms with Gasteiger partial charge in [0.2, 0.25) is 15.9 Å². The van der Waals surface area contributed by atoms with Crippen LogP contribution < -0.4 is 5.32 Å². The Morgan fingerprint density at radius 3 is 2.43 bits per heavy atom. The number of amides is 1. The van der Waals surface area contributed by atoms with Gasteiger partial charge in [-0.25, -0.2) is 12.7 Å². The first kappa shape index (κ1) is 19.6. The molecule has 130 valence electrons. The second kappa shape index (κ2) is 7.93. The summed E-state index contributed by atoms with van der Waals surface area (Å²) in [7, 11) is -1.59. The molecule has 0 fully saturated rings. The molecule has 0 aromatic heterocycles. The predicted molar refractivity (Wildman–Crippen MR) is 93.9 cm³/mol. The van der Waals surface area contributed by atoms with Crippen LogP contribution in [0.15, 0.2) is 24.3 Å². The van der Waals surface area contributed by atoms with Gasteiger partial charge in [-0.1, -0.05) is 24.3 Å². The lowest BCUT2D eigenvalue weighted by Crippen LogP contribution is -2.41. The molecule has 0 unspecified atom stereocenters. The van der Waals surface area contributed by atoms with Gasteiger partial charge in [0.1, 0.15) is 0 Å². The van der Waals surface area contributed by atoms with Crippen molar-refractivity contribution in [1.29, 1.82) is 0 Å². The van der Waals surface area contributed by atoms with Crippen molar-refractivity contribution in [3.8, 4) is 0 Å². The number of hydrogen-bond acceptors (Lipinski definition) is 3. The van der Waals surface area contributed by atoms with Crippen LogP contribution >= 0.6 is 0 Å². The van der Waals surface area contributed by atoms with E-state index in [4.69, 9.17) is 0 Å². The van der Waals surface area contributed by atoms with Crippen molar-refractivity contribution in [2.24, 2.45) is 0 Å². The number of benzene rings is 1. The SMILES string of the molecule is CCS(=O)(=O)N(C)CCCNC(=O)C(C)(C)c1ccccc1C. The van der Waals surface area contributed by atoms with Crippen LogP contribution in [0.2, 0.25) is 0 Å². The summed E-state index contributed by atoms with van der Waals surface area (Å²) in [4.78, 5) is 12.5. The van der Waals surface area contributed by atoms with Crippen molar-refractivity contribution >= 4 is 15.9 Å². The summed E-state index contributed by atoms with van der Waals surface area (Å²) in [5.74, 6) is 0.0451. The van der Waals surface area contributed by atoms with E-state index in [-0.39, 0.29) is 11.7 Å². The van der Waals surface area contributed by atoms with Crippen LogP contribution in [0.25, 0.3) is 0 Å². The summed E-state index contributed by atoms with van der Waals surface area (Å²) < 4.78 is 24.6. The lowest BCUT2D eigenvalue weighted by molar-refractivity contribution is -0.125. The maximum atomic E-state index is 12.5. The predicted octanol–water partition coefficient (Wildman–Crippen LogP) is 2.06. The molecule has 5 nitrogen and oxygen atoms in total. The second-order valence-electron chi connectivity index (χ2n) is 6.27. The molecule has 1 aromatic carbocycles. The first-order chi connectivity index (χ1) is 10.6. The van der Waals surface area contributed by atoms with E-state index in [0.29, 0.717) is 19.5 Å². The molecule has 0 spiro atoms. The average molecular weight is 340 g/mol. The quantitative estimate of drug-likeness (QED) is 0.737. The second-order valence-corrected chi connectivity index (χ2v) is 8.64. The third-order valence-electron chi connectivity index (χ3n) is 4.16. The van der Waals surface area contributed by atoms with Crippen LogP contribution in [0.1, 0.15) is 38.3 Å². The van der Waals surface area contributed by atoms with Gasteiger partial charge in [0.25, 0.3) is 0 Å². The summed E-state index contributed by atoms with van der Waals surface area (Å²) >= 11 is 0. The van der Waals surface area contributed by atoms with Gasteiger partial charge in [0, 0.05) is 20.1 Å². The molecule has 6 heteroatoms. The zero-order valence-electron chi connectivity index (χ0n) is 14.7. The lowest BCUT2D eigenvalue weighted by atomic mass is 9.81. The zero-order valence-corrected chi connectivity index (χ0v) is 15.5. The summed E-state index contributed by atoms with van der Waals surface area (Å²) in [5.41, 5.74) is 1.47. The standard InChI is InChI=1S/C17H28N2O3S/c1-6-23(21,22)19(5)13-9-12-18-16(20)17(3,4)15-11-8-7-10-14(15)2/h7-8,10-11H,6,9,12-13H2,1-5H3,(H,18,20). The van der Waals surface area contributed by atoms with Gasteiger partial charge in [0.05, 0.1) is 11.2 Å². The normalized spacial score (nSPS) is 12.4. The highest BCUT2D eigenvalue weighted by atomic mass is 32.2. The highest BCUT2D eigenvalue weighted by Gasteiger charge is 2.30. The molecule has 0 bridgehead atoms. The van der Waals surface area contributed by atoms with E-state index in [1.54, 1.807) is 14.0 Å². The Bertz CT molecular complexity index is 639. The summed E-state index contributed by atoms with van der Waals surface area (Å²) in [5, 5.41) is 2.91. The molecule has 23 heavy (non-hydrogen) atoms. The molecule has 0 atom stereocenters. The summed E-state index contributed by atoms with van der Waals surface area (Å²) in [6, 6.07) is 7.85. The fourth-order valence-electron chi connectivity index (χ4n) is 2.48. The van der Waals surface area contributed by atoms with E-state index in [0.717, 1.165) is 11.1 Å². The van der Waals surface area contributed by atoms with Crippen LogP contribution in [-0.2, 0) is 20.2 Å². The number of nitrogens with one attached hydrogen (secondary N) is 1. The van der Waals surface area contributed by atoms with Crippen LogP contribution in [0.5, 0.6) is 0 Å². The lowest BCUT2D eigenvalue weighted by Gasteiger charge is -2.26. The highest BCUT2D eigenvalue weighted by Crippen LogP contribution is 2.26. The van der Waals surface area contributed by atoms with Crippen molar-refractivity contribution in [2.75, 3.05) is 25.9 Å². The molecule has 0 aliphatic rings. The average Bonchev–Trinajstić information content (AvgIpc) is 2.51. The number of carbonyl (C=O) groups is 1. The minimum absolute atomic E-state index is 0.0483. The molecule has 1 N–H and O–H groups in total. The Labute approximate surface area is 140 Å². The van der Waals surface area contributed by atoms with Crippen LogP contribution in [0.3, 0.4) is 0 Å². The van der Waals surface area contributed by atoms with Crippen molar-refractivity contribution in [3.63, 3.8) is 0 Å². The Morgan fingerprint density at radius 2 is 1.87 bits per heavy atom. The number of nitrogens with zero attached hydrogens (tertiary/aromatic N) is 1. The molecule has 0 saturated heterocycles. The highest BCUT2D eigenvalue weighted by molar-refractivity contribution is 7.89. The van der Waals surface area contributed by atoms with Crippen molar-refractivity contribution < 1.29 is 13.2 Å². The third kappa shape index (κ3) is 5.04. The fourth-order valence-corrected chi connectivity index (χ4v) is 3.33. The van der Waals surface area contributed by atoms with E-state index in [2.05, 4.69) is 5.32 Å². The van der Waals surface area contributed by atoms with Gasteiger partial charge < -0.3 is 5.32 Å². The maximum Gasteiger partial charge on any atom is 0.230 e. The molecule has 0 aliphatic heterocycles. The Morgan fingerprint density at radius 1 is 1.26 bits per heavy atom. The summed E-state index contributed by atoms with van der Waals surface area (Å²) in [6.07, 6.45) is 0.589. The third-order valence-corrected chi connectivity index (χ3v) is 6.02. The molecule has 0 aliphatic carbocycles. The monoisotopic (exact) mass is 340 g/mol. The molecule has 1 aromatic rings. The number of sulfonamides is 1. The van der Waals surface area contributed by atoms with Gasteiger partial charge in [0.15, 0.2) is 0 Å². The van der Waals surface area contributed by atoms with Crippen molar-refractivity contribution in [2.45, 2.75) is 39.5 Å². The van der Waals surface area contributed by atoms with Gasteiger partial charge in [-0.15, -0.1) is 0 Å². The summed E-state index contributed by atoms with van der Waals surface area (Å²) in [6.45, 7) is 8.28. The van der Waals surface area contributed by atoms with Crippen LogP contribution in [-0.4, -0.2) is 44.5 Å². The Hall–Kier alpha value is -1.40. The largest absolute Gasteiger partial charge is 0.355 e. The number of rotatable bonds is 8. The Balaban J connectivity index is 2.56. The molecule has 1 rings (SSSR count). The van der Waals surface area contributed by atoms with Crippen molar-refractivity contribution in [1.82, 2.24) is 9.62 Å². The molecule has 0 heterocycles. The van der Waals surface area contributed by atoms with Gasteiger partial charge in [-0.2, -0.15) is 0 Å². The zero-order chi connectivity index (χ0) is 17.7. The molecular formula is C17H28N2O3S. The van der Waals surface area contributed by atoms with Gasteiger partial charge >= 0.3 is 0 Å². The first-order valence-corrected chi connectivity index (χ1v) is 9.52. The first-order valence-electron chi connectivity index (χ1n) is 7.91. The minimum Gasteiger partial charge on any atom is -0.355 e. The minimum atomic E-state index is -3.16. The topological polar surface area (TPSA) is 66.5 Å². The van der Waals surface area contributed by atoms with E-state index in [1.807, 2.05) is 45.0 Å². The molecule has 0 saturated carbocycles. The Kier molecular flexibility index (Phi) is 6.77. The van der Waals surface area contributed by atoms with E-state index >= 15 is 0 Å².